The number of carbonyl (C=O) groups is 3. The number of hydrogen-bond donors (Lipinski definition) is 1. The van der Waals surface area contributed by atoms with Crippen LogP contribution in [-0.2, 0) is 23.9 Å². The summed E-state index contributed by atoms with van der Waals surface area (Å²) in [5.41, 5.74) is 0. The number of hydrogen-bond acceptors (Lipinski definition) is 8. The van der Waals surface area contributed by atoms with E-state index in [-0.39, 0.29) is 41.6 Å². The van der Waals surface area contributed by atoms with Crippen molar-refractivity contribution >= 4 is 45.5 Å². The molecule has 0 aromatic carbocycles. The summed E-state index contributed by atoms with van der Waals surface area (Å²) in [5.74, 6) is -1.98. The molecule has 4 aliphatic rings. The van der Waals surface area contributed by atoms with E-state index in [1.165, 1.54) is 6.08 Å². The van der Waals surface area contributed by atoms with Gasteiger partial charge in [0, 0.05) is 56.0 Å². The van der Waals surface area contributed by atoms with E-state index in [0.717, 1.165) is 13.1 Å². The van der Waals surface area contributed by atoms with Crippen LogP contribution < -0.4 is 0 Å². The highest BCUT2D eigenvalue weighted by Gasteiger charge is 2.76. The van der Waals surface area contributed by atoms with Gasteiger partial charge in [-0.1, -0.05) is 34.7 Å². The highest BCUT2D eigenvalue weighted by molar-refractivity contribution is 9.09. The Morgan fingerprint density at radius 2 is 2.03 bits per heavy atom. The molecule has 4 rings (SSSR count). The first-order valence-electron chi connectivity index (χ1n) is 12.6. The third kappa shape index (κ3) is 5.01. The van der Waals surface area contributed by atoms with E-state index in [1.807, 2.05) is 0 Å². The van der Waals surface area contributed by atoms with E-state index >= 15 is 0 Å². The fourth-order valence-electron chi connectivity index (χ4n) is 6.10. The maximum absolute atomic E-state index is 14.2. The Morgan fingerprint density at radius 3 is 2.69 bits per heavy atom. The molecule has 4 fully saturated rings. The van der Waals surface area contributed by atoms with Crippen molar-refractivity contribution in [1.82, 2.24) is 14.7 Å². The molecule has 36 heavy (non-hydrogen) atoms. The van der Waals surface area contributed by atoms with Crippen LogP contribution in [-0.4, -0.2) is 124 Å². The van der Waals surface area contributed by atoms with Gasteiger partial charge in [-0.3, -0.25) is 19.3 Å². The van der Waals surface area contributed by atoms with E-state index < -0.39 is 28.6 Å². The SMILES string of the molecule is C=CCOC(=O)[C@H]1[C@H]2C(=O)N(CCCO)C(C(=O)N(CC=C)CCN3CCOCC3)C23CC(Br)[C@@H]1S3. The number of aliphatic hydroxyl groups is 1. The number of rotatable bonds is 12. The van der Waals surface area contributed by atoms with Gasteiger partial charge in [-0.05, 0) is 12.8 Å². The number of morpholine rings is 1. The topological polar surface area (TPSA) is 99.6 Å². The molecule has 0 aromatic heterocycles. The first kappa shape index (κ1) is 27.6. The number of esters is 1. The van der Waals surface area contributed by atoms with Crippen molar-refractivity contribution in [2.45, 2.75) is 33.7 Å². The second-order valence-corrected chi connectivity index (χ2v) is 12.4. The molecule has 1 N–H and O–H groups in total. The minimum absolute atomic E-state index is 0.0119. The summed E-state index contributed by atoms with van der Waals surface area (Å²) < 4.78 is 10.1. The predicted octanol–water partition coefficient (Wildman–Crippen LogP) is 0.909. The number of amides is 2. The average Bonchev–Trinajstić information content (AvgIpc) is 3.47. The maximum Gasteiger partial charge on any atom is 0.311 e. The normalized spacial score (nSPS) is 33.4. The van der Waals surface area contributed by atoms with Crippen molar-refractivity contribution in [3.8, 4) is 0 Å². The Hall–Kier alpha value is -1.40. The first-order valence-corrected chi connectivity index (χ1v) is 14.4. The van der Waals surface area contributed by atoms with E-state index in [2.05, 4.69) is 34.0 Å². The molecule has 9 nitrogen and oxygen atoms in total. The zero-order valence-electron chi connectivity index (χ0n) is 20.6. The van der Waals surface area contributed by atoms with Crippen LogP contribution in [0, 0.1) is 11.8 Å². The second-order valence-electron chi connectivity index (χ2n) is 9.72. The molecule has 0 aromatic rings. The third-order valence-electron chi connectivity index (χ3n) is 7.65. The molecule has 3 unspecified atom stereocenters. The highest BCUT2D eigenvalue weighted by Crippen LogP contribution is 2.68. The zero-order valence-corrected chi connectivity index (χ0v) is 23.0. The standard InChI is InChI=1S/C25H36BrN3O6S/c1-3-6-28(9-8-27-10-14-34-15-11-27)23(32)21-25-16-17(26)20(36-25)18(24(33)35-13-4-2)19(25)22(31)29(21)7-5-12-30/h3-4,17-21,30H,1-2,5-16H2/t17?,18-,19-,20-,21?,25?/m0/s1. The van der Waals surface area contributed by atoms with Crippen LogP contribution >= 0.6 is 27.7 Å². The third-order valence-corrected chi connectivity index (χ3v) is 10.9. The van der Waals surface area contributed by atoms with Crippen molar-refractivity contribution in [1.29, 1.82) is 0 Å². The quantitative estimate of drug-likeness (QED) is 0.205. The second kappa shape index (κ2) is 12.0. The average molecular weight is 587 g/mol. The summed E-state index contributed by atoms with van der Waals surface area (Å²) in [6, 6.07) is -0.710. The van der Waals surface area contributed by atoms with Crippen LogP contribution in [0.2, 0.25) is 0 Å². The van der Waals surface area contributed by atoms with Crippen LogP contribution in [0.5, 0.6) is 0 Å². The smallest absolute Gasteiger partial charge is 0.311 e. The van der Waals surface area contributed by atoms with Gasteiger partial charge in [0.1, 0.15) is 12.6 Å². The van der Waals surface area contributed by atoms with Gasteiger partial charge in [0.15, 0.2) is 0 Å². The van der Waals surface area contributed by atoms with Crippen LogP contribution in [0.15, 0.2) is 25.3 Å². The van der Waals surface area contributed by atoms with Crippen LogP contribution in [0.25, 0.3) is 0 Å². The predicted molar refractivity (Wildman–Crippen MR) is 141 cm³/mol. The van der Waals surface area contributed by atoms with Crippen molar-refractivity contribution in [3.63, 3.8) is 0 Å². The van der Waals surface area contributed by atoms with Gasteiger partial charge < -0.3 is 24.4 Å². The van der Waals surface area contributed by atoms with Gasteiger partial charge >= 0.3 is 5.97 Å². The van der Waals surface area contributed by atoms with E-state index in [9.17, 15) is 19.5 Å². The lowest BCUT2D eigenvalue weighted by Gasteiger charge is -2.38. The summed E-state index contributed by atoms with van der Waals surface area (Å²) in [4.78, 5) is 46.8. The molecule has 2 bridgehead atoms. The summed E-state index contributed by atoms with van der Waals surface area (Å²) in [5, 5.41) is 9.37. The number of thioether (sulfide) groups is 1. The zero-order chi connectivity index (χ0) is 25.9. The van der Waals surface area contributed by atoms with Gasteiger partial charge in [0.25, 0.3) is 0 Å². The van der Waals surface area contributed by atoms with Gasteiger partial charge in [0.2, 0.25) is 11.8 Å². The molecule has 1 spiro atoms. The summed E-state index contributed by atoms with van der Waals surface area (Å²) >= 11 is 5.33. The van der Waals surface area contributed by atoms with Gasteiger partial charge in [-0.2, -0.15) is 0 Å². The fourth-order valence-corrected chi connectivity index (χ4v) is 9.70. The molecule has 4 saturated heterocycles. The first-order chi connectivity index (χ1) is 17.4. The lowest BCUT2D eigenvalue weighted by molar-refractivity contribution is -0.153. The van der Waals surface area contributed by atoms with Gasteiger partial charge in [-0.25, -0.2) is 0 Å². The Morgan fingerprint density at radius 1 is 1.28 bits per heavy atom. The van der Waals surface area contributed by atoms with Crippen molar-refractivity contribution in [2.24, 2.45) is 11.8 Å². The maximum atomic E-state index is 14.2. The summed E-state index contributed by atoms with van der Waals surface area (Å²) in [6.07, 6.45) is 4.20. The Kier molecular flexibility index (Phi) is 9.19. The number of likely N-dealkylation sites (tertiary alicyclic amines) is 1. The molecular formula is C25H36BrN3O6S. The van der Waals surface area contributed by atoms with Crippen LogP contribution in [0.4, 0.5) is 0 Å². The molecule has 4 heterocycles. The minimum Gasteiger partial charge on any atom is -0.461 e. The number of carbonyl (C=O) groups excluding carboxylic acids is 3. The molecule has 200 valence electrons. The lowest BCUT2D eigenvalue weighted by atomic mass is 9.71. The molecular weight excluding hydrogens is 550 g/mol. The van der Waals surface area contributed by atoms with Crippen molar-refractivity contribution < 1.29 is 29.0 Å². The number of ether oxygens (including phenoxy) is 2. The van der Waals surface area contributed by atoms with Gasteiger partial charge in [-0.15, -0.1) is 18.3 Å². The number of alkyl halides is 1. The Balaban J connectivity index is 1.63. The van der Waals surface area contributed by atoms with Crippen LogP contribution in [0.1, 0.15) is 12.8 Å². The monoisotopic (exact) mass is 585 g/mol. The number of nitrogens with zero attached hydrogens (tertiary/aromatic N) is 3. The van der Waals surface area contributed by atoms with E-state index in [4.69, 9.17) is 9.47 Å². The number of fused-ring (bicyclic) bond motifs is 1. The lowest BCUT2D eigenvalue weighted by Crippen LogP contribution is -2.56. The number of halogens is 1. The molecule has 0 radical (unpaired) electrons. The fraction of sp³-hybridized carbons (Fsp3) is 0.720. The Labute approximate surface area is 225 Å². The summed E-state index contributed by atoms with van der Waals surface area (Å²) in [7, 11) is 0. The highest BCUT2D eigenvalue weighted by atomic mass is 79.9. The Bertz CT molecular complexity index is 871. The molecule has 2 amide bonds. The summed E-state index contributed by atoms with van der Waals surface area (Å²) in [6.45, 7) is 12.3. The van der Waals surface area contributed by atoms with Crippen molar-refractivity contribution in [3.05, 3.63) is 25.3 Å². The molecule has 11 heteroatoms. The van der Waals surface area contributed by atoms with E-state index in [0.29, 0.717) is 45.7 Å². The molecule has 6 atom stereocenters. The number of aliphatic hydroxyl groups excluding tert-OH is 1. The van der Waals surface area contributed by atoms with Crippen LogP contribution in [0.3, 0.4) is 0 Å². The molecule has 4 aliphatic heterocycles. The van der Waals surface area contributed by atoms with E-state index in [1.54, 1.807) is 27.6 Å². The molecule has 0 aliphatic carbocycles. The molecule has 0 saturated carbocycles. The largest absolute Gasteiger partial charge is 0.461 e. The van der Waals surface area contributed by atoms with Crippen molar-refractivity contribution in [2.75, 3.05) is 65.7 Å². The minimum atomic E-state index is -0.724. The van der Waals surface area contributed by atoms with Gasteiger partial charge in [0.05, 0.1) is 29.8 Å².